The third-order valence-corrected chi connectivity index (χ3v) is 2.08. The van der Waals surface area contributed by atoms with Crippen molar-refractivity contribution in [3.63, 3.8) is 0 Å². The van der Waals surface area contributed by atoms with E-state index in [-0.39, 0.29) is 0 Å². The first-order valence-corrected chi connectivity index (χ1v) is 4.51. The number of aryl methyl sites for hydroxylation is 2. The van der Waals surface area contributed by atoms with Crippen LogP contribution < -0.4 is 0 Å². The molecule has 1 nitrogen and oxygen atoms in total. The van der Waals surface area contributed by atoms with Crippen LogP contribution in [0.15, 0.2) is 12.1 Å². The molecular formula is C10H13ClO. The van der Waals surface area contributed by atoms with Gasteiger partial charge in [-0.15, -0.1) is 0 Å². The molecule has 0 aliphatic carbocycles. The monoisotopic (exact) mass is 184 g/mol. The van der Waals surface area contributed by atoms with Gasteiger partial charge in [-0.1, -0.05) is 24.9 Å². The molecule has 1 N–H and O–H groups in total. The predicted octanol–water partition coefficient (Wildman–Crippen LogP) is 3.31. The zero-order chi connectivity index (χ0) is 9.14. The summed E-state index contributed by atoms with van der Waals surface area (Å²) in [5, 5.41) is 10.3. The van der Waals surface area contributed by atoms with Gasteiger partial charge in [0.25, 0.3) is 0 Å². The molecule has 0 atom stereocenters. The minimum atomic E-state index is 0.390. The summed E-state index contributed by atoms with van der Waals surface area (Å²) in [7, 11) is 0. The number of rotatable bonds is 2. The average Bonchev–Trinajstić information content (AvgIpc) is 2.00. The Balaban J connectivity index is 3.09. The van der Waals surface area contributed by atoms with Crippen LogP contribution in [0.2, 0.25) is 5.02 Å². The normalized spacial score (nSPS) is 10.2. The highest BCUT2D eigenvalue weighted by atomic mass is 35.5. The predicted molar refractivity (Wildman–Crippen MR) is 51.8 cm³/mol. The molecule has 12 heavy (non-hydrogen) atoms. The summed E-state index contributed by atoms with van der Waals surface area (Å²) in [5.74, 6) is 0.390. The summed E-state index contributed by atoms with van der Waals surface area (Å²) in [6.45, 7) is 3.94. The molecule has 0 bridgehead atoms. The fraction of sp³-hybridized carbons (Fsp3) is 0.400. The van der Waals surface area contributed by atoms with Crippen molar-refractivity contribution in [1.82, 2.24) is 0 Å². The molecule has 0 amide bonds. The first-order valence-electron chi connectivity index (χ1n) is 4.13. The Morgan fingerprint density at radius 3 is 2.67 bits per heavy atom. The third-order valence-electron chi connectivity index (χ3n) is 1.86. The molecule has 0 saturated heterocycles. The number of phenolic OH excluding ortho intramolecular Hbond substituents is 1. The maximum Gasteiger partial charge on any atom is 0.121 e. The summed E-state index contributed by atoms with van der Waals surface area (Å²) in [4.78, 5) is 0. The Hall–Kier alpha value is -0.690. The molecule has 0 radical (unpaired) electrons. The van der Waals surface area contributed by atoms with Crippen LogP contribution in [0.25, 0.3) is 0 Å². The minimum Gasteiger partial charge on any atom is -0.507 e. The molecule has 0 spiro atoms. The van der Waals surface area contributed by atoms with E-state index in [1.54, 1.807) is 6.07 Å². The van der Waals surface area contributed by atoms with Crippen LogP contribution in [0.5, 0.6) is 5.75 Å². The van der Waals surface area contributed by atoms with E-state index in [1.165, 1.54) is 0 Å². The van der Waals surface area contributed by atoms with Gasteiger partial charge < -0.3 is 5.11 Å². The molecule has 1 aromatic carbocycles. The summed E-state index contributed by atoms with van der Waals surface area (Å²) in [6, 6.07) is 3.60. The largest absolute Gasteiger partial charge is 0.507 e. The number of phenols is 1. The van der Waals surface area contributed by atoms with Gasteiger partial charge in [0, 0.05) is 5.02 Å². The second-order valence-corrected chi connectivity index (χ2v) is 3.42. The van der Waals surface area contributed by atoms with Crippen LogP contribution >= 0.6 is 11.6 Å². The van der Waals surface area contributed by atoms with Crippen molar-refractivity contribution in [2.75, 3.05) is 0 Å². The first kappa shape index (κ1) is 9.40. The van der Waals surface area contributed by atoms with Crippen LogP contribution in [-0.2, 0) is 6.42 Å². The molecule has 0 heterocycles. The molecule has 1 aromatic rings. The standard InChI is InChI=1S/C10H13ClO/c1-3-4-8-6-9(11)5-7(2)10(8)12/h5-6,12H,3-4H2,1-2H3. The van der Waals surface area contributed by atoms with Gasteiger partial charge in [-0.2, -0.15) is 0 Å². The minimum absolute atomic E-state index is 0.390. The number of hydrogen-bond acceptors (Lipinski definition) is 1. The lowest BCUT2D eigenvalue weighted by Crippen LogP contribution is -1.87. The Kier molecular flexibility index (Phi) is 2.99. The quantitative estimate of drug-likeness (QED) is 0.748. The van der Waals surface area contributed by atoms with Crippen LogP contribution in [0, 0.1) is 6.92 Å². The Morgan fingerprint density at radius 1 is 1.42 bits per heavy atom. The molecule has 66 valence electrons. The summed E-state index contributed by atoms with van der Waals surface area (Å²) < 4.78 is 0. The zero-order valence-corrected chi connectivity index (χ0v) is 8.15. The SMILES string of the molecule is CCCc1cc(Cl)cc(C)c1O. The highest BCUT2D eigenvalue weighted by Gasteiger charge is 2.04. The molecule has 2 heteroatoms. The average molecular weight is 185 g/mol. The van der Waals surface area contributed by atoms with Gasteiger partial charge in [0.05, 0.1) is 0 Å². The van der Waals surface area contributed by atoms with Crippen molar-refractivity contribution >= 4 is 11.6 Å². The molecule has 0 aliphatic rings. The third kappa shape index (κ3) is 1.92. The van der Waals surface area contributed by atoms with E-state index < -0.39 is 0 Å². The molecule has 0 saturated carbocycles. The van der Waals surface area contributed by atoms with E-state index in [4.69, 9.17) is 11.6 Å². The van der Waals surface area contributed by atoms with Crippen LogP contribution in [-0.4, -0.2) is 5.11 Å². The number of halogens is 1. The van der Waals surface area contributed by atoms with E-state index in [1.807, 2.05) is 13.0 Å². The first-order chi connectivity index (χ1) is 5.65. The van der Waals surface area contributed by atoms with Crippen molar-refractivity contribution in [1.29, 1.82) is 0 Å². The van der Waals surface area contributed by atoms with Crippen molar-refractivity contribution in [3.05, 3.63) is 28.3 Å². The smallest absolute Gasteiger partial charge is 0.121 e. The van der Waals surface area contributed by atoms with E-state index in [2.05, 4.69) is 6.92 Å². The van der Waals surface area contributed by atoms with E-state index in [0.717, 1.165) is 24.0 Å². The van der Waals surface area contributed by atoms with E-state index in [0.29, 0.717) is 10.8 Å². The van der Waals surface area contributed by atoms with Crippen LogP contribution in [0.4, 0.5) is 0 Å². The Bertz CT molecular complexity index is 281. The lowest BCUT2D eigenvalue weighted by molar-refractivity contribution is 0.463. The molecular weight excluding hydrogens is 172 g/mol. The second kappa shape index (κ2) is 3.81. The fourth-order valence-corrected chi connectivity index (χ4v) is 1.56. The van der Waals surface area contributed by atoms with Gasteiger partial charge in [-0.05, 0) is 36.6 Å². The van der Waals surface area contributed by atoms with Crippen molar-refractivity contribution < 1.29 is 5.11 Å². The Labute approximate surface area is 78.0 Å². The molecule has 0 fully saturated rings. The number of aromatic hydroxyl groups is 1. The van der Waals surface area contributed by atoms with Crippen molar-refractivity contribution in [2.24, 2.45) is 0 Å². The van der Waals surface area contributed by atoms with E-state index in [9.17, 15) is 5.11 Å². The number of hydrogen-bond donors (Lipinski definition) is 1. The van der Waals surface area contributed by atoms with Crippen molar-refractivity contribution in [2.45, 2.75) is 26.7 Å². The highest BCUT2D eigenvalue weighted by molar-refractivity contribution is 6.30. The highest BCUT2D eigenvalue weighted by Crippen LogP contribution is 2.27. The maximum absolute atomic E-state index is 9.59. The lowest BCUT2D eigenvalue weighted by atomic mass is 10.1. The summed E-state index contributed by atoms with van der Waals surface area (Å²) in [6.07, 6.45) is 1.90. The van der Waals surface area contributed by atoms with Crippen LogP contribution in [0.1, 0.15) is 24.5 Å². The van der Waals surface area contributed by atoms with Gasteiger partial charge in [-0.25, -0.2) is 0 Å². The zero-order valence-electron chi connectivity index (χ0n) is 7.39. The van der Waals surface area contributed by atoms with Gasteiger partial charge in [0.1, 0.15) is 5.75 Å². The van der Waals surface area contributed by atoms with E-state index >= 15 is 0 Å². The second-order valence-electron chi connectivity index (χ2n) is 2.98. The van der Waals surface area contributed by atoms with Gasteiger partial charge in [0.2, 0.25) is 0 Å². The summed E-state index contributed by atoms with van der Waals surface area (Å²) >= 11 is 5.85. The summed E-state index contributed by atoms with van der Waals surface area (Å²) in [5.41, 5.74) is 1.80. The van der Waals surface area contributed by atoms with Crippen LogP contribution in [0.3, 0.4) is 0 Å². The van der Waals surface area contributed by atoms with Gasteiger partial charge in [-0.3, -0.25) is 0 Å². The topological polar surface area (TPSA) is 20.2 Å². The fourth-order valence-electron chi connectivity index (χ4n) is 1.26. The molecule has 0 aromatic heterocycles. The van der Waals surface area contributed by atoms with Gasteiger partial charge >= 0.3 is 0 Å². The Morgan fingerprint density at radius 2 is 2.08 bits per heavy atom. The lowest BCUT2D eigenvalue weighted by Gasteiger charge is -2.06. The van der Waals surface area contributed by atoms with Crippen molar-refractivity contribution in [3.8, 4) is 5.75 Å². The van der Waals surface area contributed by atoms with Gasteiger partial charge in [0.15, 0.2) is 0 Å². The maximum atomic E-state index is 9.59. The molecule has 0 aliphatic heterocycles. The molecule has 0 unspecified atom stereocenters. The number of benzene rings is 1. The molecule has 1 rings (SSSR count).